The van der Waals surface area contributed by atoms with Crippen molar-refractivity contribution in [1.82, 2.24) is 30.7 Å². The van der Waals surface area contributed by atoms with Crippen LogP contribution in [0.15, 0.2) is 59.6 Å². The van der Waals surface area contributed by atoms with Crippen LogP contribution in [0.1, 0.15) is 31.2 Å². The van der Waals surface area contributed by atoms with Crippen LogP contribution in [0, 0.1) is 0 Å². The average Bonchev–Trinajstić information content (AvgIpc) is 3.34. The Morgan fingerprint density at radius 2 is 1.88 bits per heavy atom. The minimum atomic E-state index is 0.416. The van der Waals surface area contributed by atoms with Crippen LogP contribution in [0.25, 0.3) is 11.4 Å². The molecule has 8 heteroatoms. The molecular weight excluding hydrogens is 414 g/mol. The molecule has 0 aliphatic carbocycles. The minimum Gasteiger partial charge on any atom is -0.497 e. The van der Waals surface area contributed by atoms with Crippen LogP contribution in [0.4, 0.5) is 0 Å². The number of benzene rings is 2. The van der Waals surface area contributed by atoms with Crippen molar-refractivity contribution in [2.75, 3.05) is 26.7 Å². The number of piperidine rings is 1. The summed E-state index contributed by atoms with van der Waals surface area (Å²) in [6, 6.07) is 18.8. The molecule has 174 valence electrons. The van der Waals surface area contributed by atoms with Crippen molar-refractivity contribution in [3.8, 4) is 17.1 Å². The number of hydrogen-bond donors (Lipinski definition) is 3. The van der Waals surface area contributed by atoms with Gasteiger partial charge in [0.2, 0.25) is 0 Å². The van der Waals surface area contributed by atoms with E-state index in [1.165, 1.54) is 5.56 Å². The topological polar surface area (TPSA) is 90.5 Å². The zero-order chi connectivity index (χ0) is 22.9. The third-order valence-electron chi connectivity index (χ3n) is 5.79. The Balaban J connectivity index is 1.29. The number of aromatic amines is 1. The Morgan fingerprint density at radius 1 is 1.12 bits per heavy atom. The van der Waals surface area contributed by atoms with E-state index < -0.39 is 0 Å². The average molecular weight is 448 g/mol. The van der Waals surface area contributed by atoms with Crippen LogP contribution in [0.3, 0.4) is 0 Å². The third-order valence-corrected chi connectivity index (χ3v) is 5.79. The second kappa shape index (κ2) is 11.5. The number of likely N-dealkylation sites (tertiary alicyclic amines) is 1. The van der Waals surface area contributed by atoms with Crippen LogP contribution in [-0.2, 0) is 13.1 Å². The van der Waals surface area contributed by atoms with Gasteiger partial charge in [0.25, 0.3) is 0 Å². The molecule has 1 aliphatic heterocycles. The first-order valence-corrected chi connectivity index (χ1v) is 11.6. The molecule has 3 aromatic rings. The molecule has 1 fully saturated rings. The largest absolute Gasteiger partial charge is 0.497 e. The number of H-pyrrole nitrogens is 1. The summed E-state index contributed by atoms with van der Waals surface area (Å²) in [5.41, 5.74) is 2.31. The van der Waals surface area contributed by atoms with Gasteiger partial charge in [-0.1, -0.05) is 30.3 Å². The predicted molar refractivity (Wildman–Crippen MR) is 131 cm³/mol. The van der Waals surface area contributed by atoms with Crippen molar-refractivity contribution in [3.63, 3.8) is 0 Å². The second-order valence-corrected chi connectivity index (χ2v) is 8.21. The highest BCUT2D eigenvalue weighted by Crippen LogP contribution is 2.19. The third kappa shape index (κ3) is 6.55. The Bertz CT molecular complexity index is 1010. The maximum atomic E-state index is 5.21. The molecule has 0 atom stereocenters. The molecule has 1 saturated heterocycles. The molecule has 0 unspecified atom stereocenters. The van der Waals surface area contributed by atoms with E-state index in [0.717, 1.165) is 62.1 Å². The van der Waals surface area contributed by atoms with Gasteiger partial charge in [-0.3, -0.25) is 10.00 Å². The lowest BCUT2D eigenvalue weighted by molar-refractivity contribution is 0.198. The number of rotatable bonds is 8. The van der Waals surface area contributed by atoms with Crippen LogP contribution in [0.5, 0.6) is 5.75 Å². The molecule has 2 heterocycles. The highest BCUT2D eigenvalue weighted by molar-refractivity contribution is 5.80. The second-order valence-electron chi connectivity index (χ2n) is 8.21. The normalized spacial score (nSPS) is 15.4. The Kier molecular flexibility index (Phi) is 7.92. The number of guanidine groups is 1. The number of aromatic nitrogens is 3. The molecular formula is C25H33N7O. The van der Waals surface area contributed by atoms with Crippen LogP contribution in [-0.4, -0.2) is 58.8 Å². The van der Waals surface area contributed by atoms with Crippen LogP contribution < -0.4 is 15.4 Å². The van der Waals surface area contributed by atoms with E-state index in [9.17, 15) is 0 Å². The summed E-state index contributed by atoms with van der Waals surface area (Å²) >= 11 is 0. The summed E-state index contributed by atoms with van der Waals surface area (Å²) in [6.07, 6.45) is 2.20. The molecule has 8 nitrogen and oxygen atoms in total. The molecule has 1 aliphatic rings. The van der Waals surface area contributed by atoms with E-state index in [1.54, 1.807) is 7.11 Å². The molecule has 1 aromatic heterocycles. The zero-order valence-corrected chi connectivity index (χ0v) is 19.4. The van der Waals surface area contributed by atoms with Crippen LogP contribution in [0.2, 0.25) is 0 Å². The maximum Gasteiger partial charge on any atom is 0.191 e. The van der Waals surface area contributed by atoms with Gasteiger partial charge in [-0.2, -0.15) is 5.10 Å². The van der Waals surface area contributed by atoms with Gasteiger partial charge >= 0.3 is 0 Å². The molecule has 2 aromatic carbocycles. The first-order chi connectivity index (χ1) is 16.2. The molecule has 0 amide bonds. The molecule has 4 rings (SSSR count). The van der Waals surface area contributed by atoms with Gasteiger partial charge in [0.1, 0.15) is 18.1 Å². The summed E-state index contributed by atoms with van der Waals surface area (Å²) < 4.78 is 5.21. The van der Waals surface area contributed by atoms with E-state index in [4.69, 9.17) is 9.73 Å². The fraction of sp³-hybridized carbons (Fsp3) is 0.400. The van der Waals surface area contributed by atoms with Gasteiger partial charge in [-0.05, 0) is 49.6 Å². The number of nitrogens with zero attached hydrogens (tertiary/aromatic N) is 4. The summed E-state index contributed by atoms with van der Waals surface area (Å²) in [5.74, 6) is 3.02. The first-order valence-electron chi connectivity index (χ1n) is 11.6. The summed E-state index contributed by atoms with van der Waals surface area (Å²) in [5, 5.41) is 14.3. The molecule has 0 radical (unpaired) electrons. The fourth-order valence-electron chi connectivity index (χ4n) is 3.98. The van der Waals surface area contributed by atoms with Crippen molar-refractivity contribution < 1.29 is 4.74 Å². The molecule has 3 N–H and O–H groups in total. The zero-order valence-electron chi connectivity index (χ0n) is 19.4. The van der Waals surface area contributed by atoms with Crippen molar-refractivity contribution in [2.45, 2.75) is 38.9 Å². The summed E-state index contributed by atoms with van der Waals surface area (Å²) in [6.45, 7) is 6.51. The number of aliphatic imine (C=N–C) groups is 1. The lowest BCUT2D eigenvalue weighted by Gasteiger charge is -2.33. The van der Waals surface area contributed by atoms with Crippen molar-refractivity contribution in [1.29, 1.82) is 0 Å². The van der Waals surface area contributed by atoms with E-state index in [-0.39, 0.29) is 0 Å². The fourth-order valence-corrected chi connectivity index (χ4v) is 3.98. The molecule has 0 saturated carbocycles. The van der Waals surface area contributed by atoms with Gasteiger partial charge in [0.05, 0.1) is 7.11 Å². The van der Waals surface area contributed by atoms with E-state index >= 15 is 0 Å². The number of methoxy groups -OCH3 is 1. The summed E-state index contributed by atoms with van der Waals surface area (Å²) in [4.78, 5) is 11.8. The lowest BCUT2D eigenvalue weighted by atomic mass is 10.0. The number of nitrogens with one attached hydrogen (secondary N) is 3. The van der Waals surface area contributed by atoms with Gasteiger partial charge in [0, 0.05) is 37.8 Å². The van der Waals surface area contributed by atoms with Gasteiger partial charge in [-0.25, -0.2) is 9.98 Å². The van der Waals surface area contributed by atoms with E-state index in [2.05, 4.69) is 68.0 Å². The van der Waals surface area contributed by atoms with Gasteiger partial charge in [-0.15, -0.1) is 0 Å². The number of ether oxygens (including phenoxy) is 1. The quantitative estimate of drug-likeness (QED) is 0.363. The predicted octanol–water partition coefficient (Wildman–Crippen LogP) is 3.20. The van der Waals surface area contributed by atoms with Crippen molar-refractivity contribution in [2.24, 2.45) is 4.99 Å². The minimum absolute atomic E-state index is 0.416. The Morgan fingerprint density at radius 3 is 2.58 bits per heavy atom. The highest BCUT2D eigenvalue weighted by Gasteiger charge is 2.20. The monoisotopic (exact) mass is 447 g/mol. The maximum absolute atomic E-state index is 5.21. The van der Waals surface area contributed by atoms with Gasteiger partial charge in [0.15, 0.2) is 11.8 Å². The highest BCUT2D eigenvalue weighted by atomic mass is 16.5. The van der Waals surface area contributed by atoms with E-state index in [1.807, 2.05) is 24.3 Å². The van der Waals surface area contributed by atoms with E-state index in [0.29, 0.717) is 18.4 Å². The lowest BCUT2D eigenvalue weighted by Crippen LogP contribution is -2.48. The Hall–Kier alpha value is -3.39. The summed E-state index contributed by atoms with van der Waals surface area (Å²) in [7, 11) is 1.65. The molecule has 0 bridgehead atoms. The molecule has 0 spiro atoms. The van der Waals surface area contributed by atoms with Crippen molar-refractivity contribution in [3.05, 3.63) is 66.0 Å². The van der Waals surface area contributed by atoms with Crippen LogP contribution >= 0.6 is 0 Å². The van der Waals surface area contributed by atoms with Crippen molar-refractivity contribution >= 4 is 5.96 Å². The smallest absolute Gasteiger partial charge is 0.191 e. The number of hydrogen-bond acceptors (Lipinski definition) is 5. The molecule has 33 heavy (non-hydrogen) atoms. The van der Waals surface area contributed by atoms with Gasteiger partial charge < -0.3 is 15.4 Å². The standard InChI is InChI=1S/C25H33N7O/c1-3-26-25(28-21-13-15-32(16-14-21)18-19-7-5-4-6-8-19)27-17-23-29-24(31-30-23)20-9-11-22(33-2)12-10-20/h4-12,21H,3,13-18H2,1-2H3,(H2,26,27,28)(H,29,30,31). The Labute approximate surface area is 195 Å². The SMILES string of the molecule is CCNC(=NCc1nc(-c2ccc(OC)cc2)n[nH]1)NC1CCN(Cc2ccccc2)CC1. The first kappa shape index (κ1) is 22.8.